The van der Waals surface area contributed by atoms with Crippen LogP contribution in [0.1, 0.15) is 74.9 Å². The third-order valence-electron chi connectivity index (χ3n) is 17.7. The highest BCUT2D eigenvalue weighted by molar-refractivity contribution is 6.06. The lowest BCUT2D eigenvalue weighted by Gasteiger charge is -2.31. The van der Waals surface area contributed by atoms with Crippen molar-refractivity contribution in [1.29, 1.82) is 0 Å². The number of fused-ring (bicyclic) bond motifs is 13. The van der Waals surface area contributed by atoms with Gasteiger partial charge in [-0.25, -0.2) is 0 Å². The topological polar surface area (TPSA) is 16.4 Å². The van der Waals surface area contributed by atoms with Crippen molar-refractivity contribution in [2.24, 2.45) is 0 Å². The van der Waals surface area contributed by atoms with E-state index in [4.69, 9.17) is 4.42 Å². The first-order valence-electron chi connectivity index (χ1n) is 26.5. The van der Waals surface area contributed by atoms with Crippen LogP contribution in [0.15, 0.2) is 229 Å². The van der Waals surface area contributed by atoms with Gasteiger partial charge in [-0.05, 0) is 190 Å². The average Bonchev–Trinajstić information content (AvgIpc) is 4.09. The molecule has 0 saturated heterocycles. The molecular formula is C73H55NO. The van der Waals surface area contributed by atoms with E-state index in [1.807, 2.05) is 6.07 Å². The molecule has 0 unspecified atom stereocenters. The van der Waals surface area contributed by atoms with Crippen molar-refractivity contribution < 1.29 is 4.42 Å². The molecule has 12 aromatic rings. The highest BCUT2D eigenvalue weighted by Gasteiger charge is 2.40. The second kappa shape index (κ2) is 15.7. The second-order valence-corrected chi connectivity index (χ2v) is 22.9. The van der Waals surface area contributed by atoms with E-state index in [0.717, 1.165) is 39.0 Å². The van der Waals surface area contributed by atoms with Gasteiger partial charge >= 0.3 is 0 Å². The van der Waals surface area contributed by atoms with Crippen molar-refractivity contribution in [3.63, 3.8) is 0 Å². The van der Waals surface area contributed by atoms with Crippen LogP contribution in [0.25, 0.3) is 99.5 Å². The first-order valence-corrected chi connectivity index (χ1v) is 26.5. The van der Waals surface area contributed by atoms with E-state index in [0.29, 0.717) is 0 Å². The van der Waals surface area contributed by atoms with Crippen molar-refractivity contribution in [2.45, 2.75) is 57.8 Å². The fraction of sp³-hybridized carbons (Fsp3) is 0.123. The van der Waals surface area contributed by atoms with Crippen LogP contribution in [-0.4, -0.2) is 0 Å². The van der Waals surface area contributed by atoms with Crippen molar-refractivity contribution in [3.05, 3.63) is 258 Å². The minimum Gasteiger partial charge on any atom is -0.456 e. The molecular weight excluding hydrogens is 907 g/mol. The third-order valence-corrected chi connectivity index (χ3v) is 17.7. The number of rotatable bonds is 6. The molecule has 0 radical (unpaired) electrons. The Bertz CT molecular complexity index is 4390. The average molecular weight is 962 g/mol. The van der Waals surface area contributed by atoms with E-state index < -0.39 is 0 Å². The quantitative estimate of drug-likeness (QED) is 0.165. The largest absolute Gasteiger partial charge is 0.456 e. The summed E-state index contributed by atoms with van der Waals surface area (Å²) in [6.45, 7) is 14.4. The molecule has 358 valence electrons. The molecule has 2 nitrogen and oxygen atoms in total. The maximum absolute atomic E-state index is 6.23. The lowest BCUT2D eigenvalue weighted by Crippen LogP contribution is -2.19. The van der Waals surface area contributed by atoms with E-state index >= 15 is 0 Å². The maximum atomic E-state index is 6.23. The fourth-order valence-electron chi connectivity index (χ4n) is 13.5. The lowest BCUT2D eigenvalue weighted by atomic mass is 9.80. The van der Waals surface area contributed by atoms with Crippen LogP contribution < -0.4 is 4.90 Å². The van der Waals surface area contributed by atoms with Crippen molar-refractivity contribution >= 4 is 49.8 Å². The molecule has 0 saturated carbocycles. The van der Waals surface area contributed by atoms with Gasteiger partial charge in [0.25, 0.3) is 0 Å². The number of benzene rings is 11. The molecule has 11 aromatic carbocycles. The van der Waals surface area contributed by atoms with Crippen LogP contribution in [0.2, 0.25) is 0 Å². The first-order chi connectivity index (χ1) is 36.4. The Kier molecular flexibility index (Phi) is 9.15. The standard InChI is InChI=1S/C73H55NO/c1-71(2)63-38-49(44-14-8-7-9-15-44)22-29-55(63)58-32-26-52(41-66(58)71)74(53-27-33-59-56-30-23-50(39-64(56)72(3,4)67(59)42-53)47-21-20-45-16-10-11-17-46(45)36-47)54-28-34-60-57-31-24-51(40-65(57)73(5,6)68(60)43-54)48-25-35-70-62(37-48)61-18-12-13-19-69(61)75-70/h7-43H,1-6H3. The van der Waals surface area contributed by atoms with Crippen LogP contribution in [0.3, 0.4) is 0 Å². The lowest BCUT2D eigenvalue weighted by molar-refractivity contribution is 0.659. The molecule has 1 heterocycles. The summed E-state index contributed by atoms with van der Waals surface area (Å²) in [6, 6.07) is 84.2. The molecule has 75 heavy (non-hydrogen) atoms. The first kappa shape index (κ1) is 43.8. The van der Waals surface area contributed by atoms with Gasteiger partial charge in [0.1, 0.15) is 11.2 Å². The van der Waals surface area contributed by atoms with E-state index in [1.165, 1.54) is 111 Å². The summed E-state index contributed by atoms with van der Waals surface area (Å²) in [5.41, 5.74) is 28.0. The van der Waals surface area contributed by atoms with Gasteiger partial charge < -0.3 is 9.32 Å². The molecule has 0 aliphatic heterocycles. The SMILES string of the molecule is CC1(C)c2cc(-c3ccccc3)ccc2-c2ccc(N(c3ccc4c(c3)C(C)(C)c3cc(-c5ccc6ccccc6c5)ccc3-4)c3ccc4c(c3)C(C)(C)c3cc(-c5ccc6oc7ccccc7c6c5)ccc3-4)cc21. The normalized spacial score (nSPS) is 14.9. The van der Waals surface area contributed by atoms with Crippen LogP contribution in [0.5, 0.6) is 0 Å². The van der Waals surface area contributed by atoms with Gasteiger partial charge in [0, 0.05) is 44.1 Å². The minimum absolute atomic E-state index is 0.212. The van der Waals surface area contributed by atoms with Gasteiger partial charge in [0.15, 0.2) is 0 Å². The van der Waals surface area contributed by atoms with Crippen LogP contribution >= 0.6 is 0 Å². The summed E-state index contributed by atoms with van der Waals surface area (Å²) < 4.78 is 6.23. The number of hydrogen-bond donors (Lipinski definition) is 0. The fourth-order valence-corrected chi connectivity index (χ4v) is 13.5. The van der Waals surface area contributed by atoms with Gasteiger partial charge in [0.05, 0.1) is 0 Å². The van der Waals surface area contributed by atoms with Crippen molar-refractivity contribution in [2.75, 3.05) is 4.90 Å². The molecule has 3 aliphatic rings. The zero-order valence-corrected chi connectivity index (χ0v) is 43.2. The van der Waals surface area contributed by atoms with Crippen molar-refractivity contribution in [3.8, 4) is 66.8 Å². The number of para-hydroxylation sites is 1. The molecule has 0 amide bonds. The van der Waals surface area contributed by atoms with E-state index in [9.17, 15) is 0 Å². The van der Waals surface area contributed by atoms with E-state index in [2.05, 4.69) is 265 Å². The van der Waals surface area contributed by atoms with Crippen LogP contribution in [-0.2, 0) is 16.2 Å². The van der Waals surface area contributed by atoms with Gasteiger partial charge in [-0.2, -0.15) is 0 Å². The van der Waals surface area contributed by atoms with Gasteiger partial charge in [-0.15, -0.1) is 0 Å². The Morgan fingerprint density at radius 1 is 0.267 bits per heavy atom. The molecule has 15 rings (SSSR count). The molecule has 3 aliphatic carbocycles. The van der Waals surface area contributed by atoms with Crippen molar-refractivity contribution in [1.82, 2.24) is 0 Å². The molecule has 2 heteroatoms. The van der Waals surface area contributed by atoms with Crippen LogP contribution in [0, 0.1) is 0 Å². The smallest absolute Gasteiger partial charge is 0.135 e. The van der Waals surface area contributed by atoms with Gasteiger partial charge in [-0.1, -0.05) is 187 Å². The molecule has 0 N–H and O–H groups in total. The third kappa shape index (κ3) is 6.45. The van der Waals surface area contributed by atoms with Gasteiger partial charge in [-0.3, -0.25) is 0 Å². The highest BCUT2D eigenvalue weighted by atomic mass is 16.3. The molecule has 1 aromatic heterocycles. The highest BCUT2D eigenvalue weighted by Crippen LogP contribution is 2.56. The monoisotopic (exact) mass is 961 g/mol. The number of nitrogens with zero attached hydrogens (tertiary/aromatic N) is 1. The molecule has 0 fully saturated rings. The summed E-state index contributed by atoms with van der Waals surface area (Å²) in [5, 5.41) is 4.83. The number of hydrogen-bond acceptors (Lipinski definition) is 2. The Morgan fingerprint density at radius 3 is 1.17 bits per heavy atom. The number of anilines is 3. The zero-order valence-electron chi connectivity index (χ0n) is 43.2. The van der Waals surface area contributed by atoms with Gasteiger partial charge in [0.2, 0.25) is 0 Å². The molecule has 0 atom stereocenters. The summed E-state index contributed by atoms with van der Waals surface area (Å²) in [7, 11) is 0. The zero-order chi connectivity index (χ0) is 50.5. The Morgan fingerprint density at radius 2 is 0.640 bits per heavy atom. The van der Waals surface area contributed by atoms with E-state index in [-0.39, 0.29) is 16.2 Å². The second-order valence-electron chi connectivity index (χ2n) is 22.9. The Balaban J connectivity index is 0.850. The predicted molar refractivity (Wildman–Crippen MR) is 315 cm³/mol. The summed E-state index contributed by atoms with van der Waals surface area (Å²) >= 11 is 0. The number of furan rings is 1. The summed E-state index contributed by atoms with van der Waals surface area (Å²) in [6.07, 6.45) is 0. The summed E-state index contributed by atoms with van der Waals surface area (Å²) in [4.78, 5) is 2.53. The maximum Gasteiger partial charge on any atom is 0.135 e. The predicted octanol–water partition coefficient (Wildman–Crippen LogP) is 20.1. The van der Waals surface area contributed by atoms with Crippen LogP contribution in [0.4, 0.5) is 17.1 Å². The Labute approximate surface area is 439 Å². The molecule has 0 bridgehead atoms. The van der Waals surface area contributed by atoms with E-state index in [1.54, 1.807) is 0 Å². The summed E-state index contributed by atoms with van der Waals surface area (Å²) in [5.74, 6) is 0. The minimum atomic E-state index is -0.253. The Hall–Kier alpha value is -8.72. The molecule has 0 spiro atoms.